The summed E-state index contributed by atoms with van der Waals surface area (Å²) < 4.78 is 0. The van der Waals surface area contributed by atoms with Crippen LogP contribution in [0.5, 0.6) is 0 Å². The highest BCUT2D eigenvalue weighted by molar-refractivity contribution is 6.35. The van der Waals surface area contributed by atoms with Crippen LogP contribution in [0.3, 0.4) is 0 Å². The average Bonchev–Trinajstić information content (AvgIpc) is 3.08. The van der Waals surface area contributed by atoms with Crippen molar-refractivity contribution in [2.75, 3.05) is 26.2 Å². The van der Waals surface area contributed by atoms with Crippen molar-refractivity contribution in [2.45, 2.75) is 44.6 Å². The molecule has 0 bridgehead atoms. The first-order valence-electron chi connectivity index (χ1n) is 9.79. The number of rotatable bonds is 5. The summed E-state index contributed by atoms with van der Waals surface area (Å²) in [4.78, 5) is 41.0. The minimum Gasteiger partial charge on any atom is -0.353 e. The molecular formula is C20H25Cl2N3O3. The van der Waals surface area contributed by atoms with Crippen LogP contribution in [-0.4, -0.2) is 59.7 Å². The number of likely N-dealkylation sites (tertiary alicyclic amines) is 2. The number of nitrogens with zero attached hydrogens (tertiary/aromatic N) is 2. The zero-order chi connectivity index (χ0) is 20.1. The fourth-order valence-corrected chi connectivity index (χ4v) is 4.18. The first-order chi connectivity index (χ1) is 13.5. The molecule has 1 aromatic rings. The molecule has 1 unspecified atom stereocenters. The van der Waals surface area contributed by atoms with Gasteiger partial charge in [0.2, 0.25) is 11.8 Å². The van der Waals surface area contributed by atoms with E-state index in [-0.39, 0.29) is 17.7 Å². The molecule has 0 spiro atoms. The van der Waals surface area contributed by atoms with Gasteiger partial charge in [0, 0.05) is 37.6 Å². The van der Waals surface area contributed by atoms with Crippen molar-refractivity contribution in [3.8, 4) is 0 Å². The summed E-state index contributed by atoms with van der Waals surface area (Å²) in [6.45, 7) is 2.15. The zero-order valence-corrected chi connectivity index (χ0v) is 17.3. The summed E-state index contributed by atoms with van der Waals surface area (Å²) in [5.74, 6) is -0.320. The number of hydrogen-bond acceptors (Lipinski definition) is 3. The highest BCUT2D eigenvalue weighted by Crippen LogP contribution is 2.26. The van der Waals surface area contributed by atoms with Gasteiger partial charge < -0.3 is 15.1 Å². The minimum atomic E-state index is -0.526. The molecule has 2 fully saturated rings. The van der Waals surface area contributed by atoms with Gasteiger partial charge in [0.15, 0.2) is 0 Å². The van der Waals surface area contributed by atoms with Crippen molar-refractivity contribution < 1.29 is 14.4 Å². The molecule has 28 heavy (non-hydrogen) atoms. The average molecular weight is 426 g/mol. The zero-order valence-electron chi connectivity index (χ0n) is 15.8. The highest BCUT2D eigenvalue weighted by Gasteiger charge is 2.35. The van der Waals surface area contributed by atoms with Gasteiger partial charge in [-0.15, -0.1) is 0 Å². The van der Waals surface area contributed by atoms with Gasteiger partial charge in [-0.1, -0.05) is 29.6 Å². The Labute approximate surface area is 175 Å². The third-order valence-corrected chi connectivity index (χ3v) is 5.89. The molecule has 1 atom stereocenters. The third kappa shape index (κ3) is 4.97. The number of carbonyl (C=O) groups excluding carboxylic acids is 3. The van der Waals surface area contributed by atoms with Gasteiger partial charge in [-0.3, -0.25) is 14.4 Å². The molecule has 8 heteroatoms. The second-order valence-corrected chi connectivity index (χ2v) is 8.11. The molecule has 0 aromatic heterocycles. The van der Waals surface area contributed by atoms with Crippen molar-refractivity contribution in [3.05, 3.63) is 33.8 Å². The van der Waals surface area contributed by atoms with E-state index in [2.05, 4.69) is 5.32 Å². The van der Waals surface area contributed by atoms with Gasteiger partial charge in [-0.2, -0.15) is 0 Å². The summed E-state index contributed by atoms with van der Waals surface area (Å²) >= 11 is 12.1. The lowest BCUT2D eigenvalue weighted by Gasteiger charge is -2.25. The van der Waals surface area contributed by atoms with E-state index in [1.54, 1.807) is 17.0 Å². The van der Waals surface area contributed by atoms with Crippen molar-refractivity contribution >= 4 is 40.9 Å². The first-order valence-corrected chi connectivity index (χ1v) is 10.5. The van der Waals surface area contributed by atoms with Crippen LogP contribution < -0.4 is 5.32 Å². The lowest BCUT2D eigenvalue weighted by Crippen LogP contribution is -2.48. The molecule has 0 aliphatic carbocycles. The maximum atomic E-state index is 12.9. The van der Waals surface area contributed by atoms with Crippen molar-refractivity contribution in [1.29, 1.82) is 0 Å². The minimum absolute atomic E-state index is 0.153. The molecule has 1 aromatic carbocycles. The van der Waals surface area contributed by atoms with E-state index in [0.717, 1.165) is 32.2 Å². The van der Waals surface area contributed by atoms with Crippen LogP contribution in [0.25, 0.3) is 0 Å². The van der Waals surface area contributed by atoms with E-state index in [4.69, 9.17) is 23.2 Å². The summed E-state index contributed by atoms with van der Waals surface area (Å²) in [5, 5.41) is 3.63. The Morgan fingerprint density at radius 1 is 1.11 bits per heavy atom. The molecule has 0 radical (unpaired) electrons. The molecule has 6 nitrogen and oxygen atoms in total. The van der Waals surface area contributed by atoms with Gasteiger partial charge in [-0.05, 0) is 43.9 Å². The molecule has 3 rings (SSSR count). The first kappa shape index (κ1) is 20.9. The predicted octanol–water partition coefficient (Wildman–Crippen LogP) is 3.12. The Bertz CT molecular complexity index is 756. The predicted molar refractivity (Wildman–Crippen MR) is 109 cm³/mol. The molecule has 152 valence electrons. The van der Waals surface area contributed by atoms with Gasteiger partial charge >= 0.3 is 0 Å². The van der Waals surface area contributed by atoms with Crippen LogP contribution in [0.1, 0.15) is 48.9 Å². The molecular weight excluding hydrogens is 401 g/mol. The Kier molecular flexibility index (Phi) is 7.18. The van der Waals surface area contributed by atoms with E-state index in [9.17, 15) is 14.4 Å². The van der Waals surface area contributed by atoms with Gasteiger partial charge in [0.05, 0.1) is 10.6 Å². The molecule has 2 aliphatic rings. The highest BCUT2D eigenvalue weighted by atomic mass is 35.5. The number of hydrogen-bond donors (Lipinski definition) is 1. The SMILES string of the molecule is O=C(NCCN1CCCCCC1=O)C1CCCN1C(=O)c1cc(Cl)ccc1Cl. The molecule has 2 aliphatic heterocycles. The normalized spacial score (nSPS) is 20.2. The number of benzene rings is 1. The second-order valence-electron chi connectivity index (χ2n) is 7.26. The third-order valence-electron chi connectivity index (χ3n) is 5.33. The summed E-state index contributed by atoms with van der Waals surface area (Å²) in [5.41, 5.74) is 0.309. The number of nitrogens with one attached hydrogen (secondary N) is 1. The maximum Gasteiger partial charge on any atom is 0.256 e. The molecule has 2 heterocycles. The standard InChI is InChI=1S/C20H25Cl2N3O3/c21-14-7-8-16(22)15(13-14)20(28)25-11-4-5-17(25)19(27)23-9-12-24-10-3-1-2-6-18(24)26/h7-8,13,17H,1-6,9-12H2,(H,23,27). The van der Waals surface area contributed by atoms with Crippen molar-refractivity contribution in [2.24, 2.45) is 0 Å². The monoisotopic (exact) mass is 425 g/mol. The quantitative estimate of drug-likeness (QED) is 0.787. The van der Waals surface area contributed by atoms with Crippen molar-refractivity contribution in [3.63, 3.8) is 0 Å². The van der Waals surface area contributed by atoms with Crippen LogP contribution in [-0.2, 0) is 9.59 Å². The lowest BCUT2D eigenvalue weighted by atomic mass is 10.1. The Morgan fingerprint density at radius 3 is 2.75 bits per heavy atom. The maximum absolute atomic E-state index is 12.9. The van der Waals surface area contributed by atoms with Crippen molar-refractivity contribution in [1.82, 2.24) is 15.1 Å². The van der Waals surface area contributed by atoms with E-state index >= 15 is 0 Å². The van der Waals surface area contributed by atoms with Crippen LogP contribution in [0.2, 0.25) is 10.0 Å². The fourth-order valence-electron chi connectivity index (χ4n) is 3.81. The Morgan fingerprint density at radius 2 is 1.93 bits per heavy atom. The van der Waals surface area contributed by atoms with Gasteiger partial charge in [0.1, 0.15) is 6.04 Å². The van der Waals surface area contributed by atoms with Crippen LogP contribution in [0.15, 0.2) is 18.2 Å². The lowest BCUT2D eigenvalue weighted by molar-refractivity contribution is -0.131. The van der Waals surface area contributed by atoms with E-state index in [0.29, 0.717) is 48.1 Å². The topological polar surface area (TPSA) is 69.7 Å². The number of carbonyl (C=O) groups is 3. The van der Waals surface area contributed by atoms with Gasteiger partial charge in [0.25, 0.3) is 5.91 Å². The second kappa shape index (κ2) is 9.61. The Balaban J connectivity index is 1.57. The smallest absolute Gasteiger partial charge is 0.256 e. The summed E-state index contributed by atoms with van der Waals surface area (Å²) in [7, 11) is 0. The fraction of sp³-hybridized carbons (Fsp3) is 0.550. The molecule has 1 N–H and O–H groups in total. The van der Waals surface area contributed by atoms with Crippen LogP contribution in [0, 0.1) is 0 Å². The van der Waals surface area contributed by atoms with E-state index < -0.39 is 6.04 Å². The molecule has 3 amide bonds. The van der Waals surface area contributed by atoms with E-state index in [1.165, 1.54) is 6.07 Å². The van der Waals surface area contributed by atoms with Crippen LogP contribution in [0.4, 0.5) is 0 Å². The van der Waals surface area contributed by atoms with Crippen LogP contribution >= 0.6 is 23.2 Å². The summed E-state index contributed by atoms with van der Waals surface area (Å²) in [6.07, 6.45) is 4.96. The number of amides is 3. The number of halogens is 2. The van der Waals surface area contributed by atoms with Gasteiger partial charge in [-0.25, -0.2) is 0 Å². The Hall–Kier alpha value is -1.79. The molecule has 2 saturated heterocycles. The summed E-state index contributed by atoms with van der Waals surface area (Å²) in [6, 6.07) is 4.21. The largest absolute Gasteiger partial charge is 0.353 e. The van der Waals surface area contributed by atoms with E-state index in [1.807, 2.05) is 4.90 Å². The molecule has 0 saturated carbocycles.